The molecular formula is C15H16N4OS. The Morgan fingerprint density at radius 1 is 1.24 bits per heavy atom. The molecule has 108 valence electrons. The van der Waals surface area contributed by atoms with Crippen LogP contribution >= 0.6 is 11.3 Å². The number of aromatic nitrogens is 3. The average Bonchev–Trinajstić information content (AvgIpc) is 2.97. The zero-order valence-electron chi connectivity index (χ0n) is 12.0. The van der Waals surface area contributed by atoms with Crippen molar-refractivity contribution in [2.24, 2.45) is 0 Å². The lowest BCUT2D eigenvalue weighted by atomic mass is 10.1. The molecule has 2 aromatic heterocycles. The molecule has 0 aliphatic rings. The summed E-state index contributed by atoms with van der Waals surface area (Å²) < 4.78 is 5.27. The molecule has 0 aliphatic carbocycles. The van der Waals surface area contributed by atoms with E-state index in [4.69, 9.17) is 4.74 Å². The van der Waals surface area contributed by atoms with Gasteiger partial charge >= 0.3 is 0 Å². The van der Waals surface area contributed by atoms with Gasteiger partial charge in [0, 0.05) is 6.54 Å². The summed E-state index contributed by atoms with van der Waals surface area (Å²) in [5, 5.41) is 3.33. The zero-order valence-corrected chi connectivity index (χ0v) is 12.8. The van der Waals surface area contributed by atoms with Gasteiger partial charge in [-0.15, -0.1) is 11.3 Å². The predicted molar refractivity (Wildman–Crippen MR) is 85.1 cm³/mol. The highest BCUT2D eigenvalue weighted by molar-refractivity contribution is 7.16. The van der Waals surface area contributed by atoms with Crippen LogP contribution in [0.4, 0.5) is 5.82 Å². The van der Waals surface area contributed by atoms with Gasteiger partial charge in [-0.25, -0.2) is 15.0 Å². The van der Waals surface area contributed by atoms with E-state index in [0.717, 1.165) is 40.4 Å². The maximum atomic E-state index is 5.27. The van der Waals surface area contributed by atoms with E-state index in [2.05, 4.69) is 39.3 Å². The van der Waals surface area contributed by atoms with Gasteiger partial charge in [0.25, 0.3) is 0 Å². The Labute approximate surface area is 127 Å². The minimum atomic E-state index is 0.798. The largest absolute Gasteiger partial charge is 0.496 e. The molecule has 0 bridgehead atoms. The van der Waals surface area contributed by atoms with E-state index in [1.54, 1.807) is 18.9 Å². The third-order valence-corrected chi connectivity index (χ3v) is 4.03. The smallest absolute Gasteiger partial charge is 0.156 e. The van der Waals surface area contributed by atoms with E-state index < -0.39 is 0 Å². The van der Waals surface area contributed by atoms with E-state index >= 15 is 0 Å². The summed E-state index contributed by atoms with van der Waals surface area (Å²) >= 11 is 1.52. The summed E-state index contributed by atoms with van der Waals surface area (Å²) in [4.78, 5) is 13.7. The normalized spacial score (nSPS) is 10.8. The van der Waals surface area contributed by atoms with Crippen LogP contribution in [0.2, 0.25) is 0 Å². The van der Waals surface area contributed by atoms with Crippen molar-refractivity contribution in [3.05, 3.63) is 41.2 Å². The molecule has 0 spiro atoms. The molecule has 0 saturated heterocycles. The van der Waals surface area contributed by atoms with Gasteiger partial charge < -0.3 is 10.1 Å². The first-order valence-corrected chi connectivity index (χ1v) is 7.57. The van der Waals surface area contributed by atoms with Gasteiger partial charge in [0.15, 0.2) is 5.82 Å². The fraction of sp³-hybridized carbons (Fsp3) is 0.267. The highest BCUT2D eigenvalue weighted by Gasteiger charge is 2.06. The number of methoxy groups -OCH3 is 1. The van der Waals surface area contributed by atoms with E-state index in [-0.39, 0.29) is 0 Å². The number of ether oxygens (including phenoxy) is 1. The summed E-state index contributed by atoms with van der Waals surface area (Å²) in [5.74, 6) is 1.72. The van der Waals surface area contributed by atoms with Crippen LogP contribution in [0.15, 0.2) is 30.0 Å². The Morgan fingerprint density at radius 3 is 2.95 bits per heavy atom. The van der Waals surface area contributed by atoms with Gasteiger partial charge in [0.2, 0.25) is 0 Å². The van der Waals surface area contributed by atoms with Gasteiger partial charge in [-0.3, -0.25) is 0 Å². The molecule has 3 aromatic rings. The van der Waals surface area contributed by atoms with Crippen molar-refractivity contribution in [1.82, 2.24) is 15.0 Å². The van der Waals surface area contributed by atoms with E-state index in [0.29, 0.717) is 0 Å². The van der Waals surface area contributed by atoms with Crippen LogP contribution in [0.3, 0.4) is 0 Å². The molecule has 0 fully saturated rings. The standard InChI is InChI=1S/C15H16N4OS/c1-10-7-11(3-4-12(10)20-2)5-6-16-14-13-15(18-8-17-14)21-9-19-13/h3-4,7-9H,5-6H2,1-2H3,(H,16,17,18). The third kappa shape index (κ3) is 2.95. The number of hydrogen-bond acceptors (Lipinski definition) is 6. The third-order valence-electron chi connectivity index (χ3n) is 3.30. The van der Waals surface area contributed by atoms with Crippen molar-refractivity contribution < 1.29 is 4.74 Å². The van der Waals surface area contributed by atoms with Gasteiger partial charge in [-0.05, 0) is 30.5 Å². The number of rotatable bonds is 5. The summed E-state index contributed by atoms with van der Waals surface area (Å²) in [6, 6.07) is 6.25. The monoisotopic (exact) mass is 300 g/mol. The van der Waals surface area contributed by atoms with E-state index in [9.17, 15) is 0 Å². The highest BCUT2D eigenvalue weighted by Crippen LogP contribution is 2.21. The van der Waals surface area contributed by atoms with Crippen molar-refractivity contribution in [1.29, 1.82) is 0 Å². The van der Waals surface area contributed by atoms with Gasteiger partial charge in [0.1, 0.15) is 22.4 Å². The lowest BCUT2D eigenvalue weighted by Gasteiger charge is -2.08. The van der Waals surface area contributed by atoms with Crippen molar-refractivity contribution in [3.8, 4) is 5.75 Å². The fourth-order valence-corrected chi connectivity index (χ4v) is 2.87. The van der Waals surface area contributed by atoms with E-state index in [1.807, 2.05) is 6.07 Å². The number of nitrogens with zero attached hydrogens (tertiary/aromatic N) is 3. The maximum Gasteiger partial charge on any atom is 0.156 e. The summed E-state index contributed by atoms with van der Waals surface area (Å²) in [6.07, 6.45) is 2.49. The molecule has 1 aromatic carbocycles. The number of nitrogens with one attached hydrogen (secondary N) is 1. The molecule has 0 radical (unpaired) electrons. The van der Waals surface area contributed by atoms with Crippen molar-refractivity contribution >= 4 is 27.5 Å². The number of aryl methyl sites for hydroxylation is 1. The van der Waals surface area contributed by atoms with Gasteiger partial charge in [0.05, 0.1) is 12.6 Å². The molecule has 0 aliphatic heterocycles. The lowest BCUT2D eigenvalue weighted by molar-refractivity contribution is 0.411. The molecule has 0 amide bonds. The SMILES string of the molecule is COc1ccc(CCNc2ncnc3scnc23)cc1C. The van der Waals surface area contributed by atoms with Crippen LogP contribution in [-0.2, 0) is 6.42 Å². The molecule has 3 rings (SSSR count). The quantitative estimate of drug-likeness (QED) is 0.784. The van der Waals surface area contributed by atoms with Crippen LogP contribution in [0.25, 0.3) is 10.3 Å². The highest BCUT2D eigenvalue weighted by atomic mass is 32.1. The van der Waals surface area contributed by atoms with Crippen LogP contribution in [-0.4, -0.2) is 28.6 Å². The molecular weight excluding hydrogens is 284 g/mol. The Hall–Kier alpha value is -2.21. The van der Waals surface area contributed by atoms with Gasteiger partial charge in [-0.1, -0.05) is 12.1 Å². The zero-order chi connectivity index (χ0) is 14.7. The average molecular weight is 300 g/mol. The number of anilines is 1. The molecule has 5 nitrogen and oxygen atoms in total. The minimum Gasteiger partial charge on any atom is -0.496 e. The van der Waals surface area contributed by atoms with Crippen LogP contribution in [0.1, 0.15) is 11.1 Å². The Bertz CT molecular complexity index is 756. The Balaban J connectivity index is 1.66. The number of hydrogen-bond donors (Lipinski definition) is 1. The second-order valence-corrected chi connectivity index (χ2v) is 5.54. The lowest BCUT2D eigenvalue weighted by Crippen LogP contribution is -2.07. The van der Waals surface area contributed by atoms with Crippen LogP contribution in [0.5, 0.6) is 5.75 Å². The van der Waals surface area contributed by atoms with Crippen LogP contribution in [0, 0.1) is 6.92 Å². The Morgan fingerprint density at radius 2 is 2.14 bits per heavy atom. The number of benzene rings is 1. The van der Waals surface area contributed by atoms with E-state index in [1.165, 1.54) is 16.9 Å². The van der Waals surface area contributed by atoms with Crippen molar-refractivity contribution in [2.45, 2.75) is 13.3 Å². The van der Waals surface area contributed by atoms with Crippen LogP contribution < -0.4 is 10.1 Å². The fourth-order valence-electron chi connectivity index (χ4n) is 2.24. The minimum absolute atomic E-state index is 0.798. The summed E-state index contributed by atoms with van der Waals surface area (Å²) in [5.41, 5.74) is 5.05. The van der Waals surface area contributed by atoms with Crippen molar-refractivity contribution in [2.75, 3.05) is 19.0 Å². The molecule has 21 heavy (non-hydrogen) atoms. The molecule has 1 N–H and O–H groups in total. The molecule has 2 heterocycles. The topological polar surface area (TPSA) is 59.9 Å². The summed E-state index contributed by atoms with van der Waals surface area (Å²) in [7, 11) is 1.69. The molecule has 6 heteroatoms. The predicted octanol–water partition coefficient (Wildman–Crippen LogP) is 3.06. The second kappa shape index (κ2) is 6.05. The molecule has 0 unspecified atom stereocenters. The first-order valence-electron chi connectivity index (χ1n) is 6.69. The molecule has 0 atom stereocenters. The summed E-state index contributed by atoms with van der Waals surface area (Å²) in [6.45, 7) is 2.86. The number of thiazole rings is 1. The first-order chi connectivity index (χ1) is 10.3. The second-order valence-electron chi connectivity index (χ2n) is 4.71. The van der Waals surface area contributed by atoms with Crippen molar-refractivity contribution in [3.63, 3.8) is 0 Å². The number of fused-ring (bicyclic) bond motifs is 1. The maximum absolute atomic E-state index is 5.27. The molecule has 0 saturated carbocycles. The van der Waals surface area contributed by atoms with Gasteiger partial charge in [-0.2, -0.15) is 0 Å². The Kier molecular flexibility index (Phi) is 3.96. The first kappa shape index (κ1) is 13.8.